The first-order valence-corrected chi connectivity index (χ1v) is 8.56. The van der Waals surface area contributed by atoms with Gasteiger partial charge in [0, 0.05) is 43.6 Å². The van der Waals surface area contributed by atoms with E-state index in [1.165, 1.54) is 24.6 Å². The van der Waals surface area contributed by atoms with Crippen LogP contribution in [0.15, 0.2) is 53.7 Å². The van der Waals surface area contributed by atoms with Crippen molar-refractivity contribution in [3.8, 4) is 28.4 Å². The maximum atomic E-state index is 13.4. The molecule has 4 aromatic rings. The van der Waals surface area contributed by atoms with Crippen LogP contribution in [0.2, 0.25) is 0 Å². The molecule has 0 unspecified atom stereocenters. The number of aromatic nitrogens is 4. The molecule has 5 nitrogen and oxygen atoms in total. The first kappa shape index (κ1) is 21.7. The summed E-state index contributed by atoms with van der Waals surface area (Å²) in [5.74, 6) is -0.799. The number of benzene rings is 1. The molecule has 0 amide bonds. The molecule has 1 aromatic carbocycles. The quantitative estimate of drug-likeness (QED) is 0.343. The predicted molar refractivity (Wildman–Crippen MR) is 97.0 cm³/mol. The maximum absolute atomic E-state index is 13.4. The number of methoxy groups -OCH3 is 1. The summed E-state index contributed by atoms with van der Waals surface area (Å²) >= 11 is 1.54. The molecule has 0 spiro atoms. The number of halogens is 2. The number of rotatable bonds is 3. The molecule has 0 saturated carbocycles. The summed E-state index contributed by atoms with van der Waals surface area (Å²) in [6.45, 7) is 0. The molecule has 4 rings (SSSR count). The topological polar surface area (TPSA) is 60.8 Å². The van der Waals surface area contributed by atoms with Crippen LogP contribution in [-0.2, 0) is 20.1 Å². The minimum absolute atomic E-state index is 0. The molecule has 145 valence electrons. The van der Waals surface area contributed by atoms with Gasteiger partial charge in [-0.05, 0) is 35.1 Å². The Labute approximate surface area is 177 Å². The Bertz CT molecular complexity index is 1000. The van der Waals surface area contributed by atoms with Gasteiger partial charge in [0.1, 0.15) is 5.75 Å². The Balaban J connectivity index is 0.000000205. The van der Waals surface area contributed by atoms with Crippen LogP contribution in [0.1, 0.15) is 0 Å². The van der Waals surface area contributed by atoms with Crippen molar-refractivity contribution in [1.82, 2.24) is 19.9 Å². The second-order valence-corrected chi connectivity index (χ2v) is 5.73. The van der Waals surface area contributed by atoms with E-state index in [4.69, 9.17) is 4.74 Å². The van der Waals surface area contributed by atoms with Gasteiger partial charge >= 0.3 is 0 Å². The fraction of sp³-hybridized carbons (Fsp3) is 0.0526. The number of hydrogen-bond acceptors (Lipinski definition) is 6. The van der Waals surface area contributed by atoms with E-state index < -0.39 is 11.6 Å². The molecule has 0 aliphatic rings. The maximum Gasteiger partial charge on any atom is 0.113 e. The minimum atomic E-state index is -0.694. The van der Waals surface area contributed by atoms with Gasteiger partial charge in [-0.1, -0.05) is 24.0 Å². The predicted octanol–water partition coefficient (Wildman–Crippen LogP) is 4.23. The first-order chi connectivity index (χ1) is 13.2. The molecule has 1 radical (unpaired) electrons. The molecular formula is C19H12F2IrN4OS-2. The van der Waals surface area contributed by atoms with Crippen LogP contribution < -0.4 is 4.74 Å². The van der Waals surface area contributed by atoms with E-state index in [0.29, 0.717) is 17.1 Å². The summed E-state index contributed by atoms with van der Waals surface area (Å²) in [7, 11) is 1.50. The summed E-state index contributed by atoms with van der Waals surface area (Å²) in [6.07, 6.45) is 7.47. The Morgan fingerprint density at radius 2 is 1.89 bits per heavy atom. The Kier molecular flexibility index (Phi) is 8.25. The number of pyridine rings is 1. The van der Waals surface area contributed by atoms with Gasteiger partial charge in [0.15, 0.2) is 0 Å². The van der Waals surface area contributed by atoms with Crippen LogP contribution in [0.3, 0.4) is 0 Å². The van der Waals surface area contributed by atoms with Crippen molar-refractivity contribution >= 4 is 11.3 Å². The zero-order valence-corrected chi connectivity index (χ0v) is 17.6. The van der Waals surface area contributed by atoms with Gasteiger partial charge < -0.3 is 19.7 Å². The van der Waals surface area contributed by atoms with Crippen molar-refractivity contribution in [2.75, 3.05) is 7.11 Å². The van der Waals surface area contributed by atoms with Crippen LogP contribution in [0.4, 0.5) is 8.78 Å². The molecule has 9 heteroatoms. The minimum Gasteiger partial charge on any atom is -0.497 e. The zero-order chi connectivity index (χ0) is 19.1. The van der Waals surface area contributed by atoms with Gasteiger partial charge in [-0.25, -0.2) is 0 Å². The van der Waals surface area contributed by atoms with E-state index in [-0.39, 0.29) is 25.7 Å². The molecule has 3 heterocycles. The van der Waals surface area contributed by atoms with E-state index in [2.05, 4.69) is 32.2 Å². The molecule has 0 aliphatic carbocycles. The van der Waals surface area contributed by atoms with Crippen LogP contribution >= 0.6 is 11.3 Å². The van der Waals surface area contributed by atoms with Crippen LogP contribution in [0.25, 0.3) is 22.6 Å². The van der Waals surface area contributed by atoms with Crippen molar-refractivity contribution in [2.24, 2.45) is 0 Å². The third-order valence-corrected chi connectivity index (χ3v) is 3.86. The third-order valence-electron chi connectivity index (χ3n) is 3.27. The largest absolute Gasteiger partial charge is 0.497 e. The van der Waals surface area contributed by atoms with Gasteiger partial charge in [0.25, 0.3) is 0 Å². The molecule has 0 fully saturated rings. The monoisotopic (exact) mass is 575 g/mol. The average molecular weight is 575 g/mol. The molecule has 0 atom stereocenters. The van der Waals surface area contributed by atoms with Gasteiger partial charge in [0.05, 0.1) is 12.6 Å². The summed E-state index contributed by atoms with van der Waals surface area (Å²) in [5.41, 5.74) is 3.78. The number of nitrogens with zero attached hydrogens (tertiary/aromatic N) is 4. The second kappa shape index (κ2) is 10.7. The summed E-state index contributed by atoms with van der Waals surface area (Å²) in [6, 6.07) is 7.58. The van der Waals surface area contributed by atoms with E-state index in [1.807, 2.05) is 5.38 Å². The summed E-state index contributed by atoms with van der Waals surface area (Å²) in [5, 5.41) is 1.92. The average Bonchev–Trinajstić information content (AvgIpc) is 3.24. The third kappa shape index (κ3) is 5.69. The van der Waals surface area contributed by atoms with Crippen LogP contribution in [-0.4, -0.2) is 27.0 Å². The molecule has 0 N–H and O–H groups in total. The molecule has 0 saturated heterocycles. The Hall–Kier alpha value is -2.61. The second-order valence-electron chi connectivity index (χ2n) is 5.01. The van der Waals surface area contributed by atoms with Crippen molar-refractivity contribution in [1.29, 1.82) is 0 Å². The normalized spacial score (nSPS) is 9.68. The fourth-order valence-electron chi connectivity index (χ4n) is 2.04. The van der Waals surface area contributed by atoms with E-state index >= 15 is 0 Å². The van der Waals surface area contributed by atoms with E-state index in [0.717, 1.165) is 17.8 Å². The molecule has 3 aromatic heterocycles. The number of ether oxygens (including phenoxy) is 1. The first-order valence-electron chi connectivity index (χ1n) is 7.62. The Morgan fingerprint density at radius 1 is 1.04 bits per heavy atom. The zero-order valence-electron chi connectivity index (χ0n) is 14.4. The molecule has 0 bridgehead atoms. The van der Waals surface area contributed by atoms with Gasteiger partial charge in [0.2, 0.25) is 0 Å². The SMILES string of the molecule is COc1ccnc(-c2[c-]cc(F)cc2F)c1.[Ir].[c-]1nccnc1-c1cscn1. The molecule has 0 aliphatic heterocycles. The van der Waals surface area contributed by atoms with Gasteiger partial charge in [-0.2, -0.15) is 0 Å². The fourth-order valence-corrected chi connectivity index (χ4v) is 2.57. The van der Waals surface area contributed by atoms with Crippen molar-refractivity contribution < 1.29 is 33.6 Å². The van der Waals surface area contributed by atoms with Crippen molar-refractivity contribution in [3.63, 3.8) is 0 Å². The van der Waals surface area contributed by atoms with E-state index in [9.17, 15) is 8.78 Å². The van der Waals surface area contributed by atoms with Crippen molar-refractivity contribution in [3.05, 3.63) is 77.6 Å². The number of thiazole rings is 1. The van der Waals surface area contributed by atoms with Crippen molar-refractivity contribution in [2.45, 2.75) is 0 Å². The smallest absolute Gasteiger partial charge is 0.113 e. The summed E-state index contributed by atoms with van der Waals surface area (Å²) in [4.78, 5) is 15.9. The van der Waals surface area contributed by atoms with Crippen LogP contribution in [0.5, 0.6) is 5.75 Å². The molecular weight excluding hydrogens is 563 g/mol. The van der Waals surface area contributed by atoms with E-state index in [1.54, 1.807) is 30.0 Å². The Morgan fingerprint density at radius 3 is 2.54 bits per heavy atom. The number of hydrogen-bond donors (Lipinski definition) is 0. The van der Waals surface area contributed by atoms with Gasteiger partial charge in [-0.3, -0.25) is 13.8 Å². The summed E-state index contributed by atoms with van der Waals surface area (Å²) < 4.78 is 31.1. The van der Waals surface area contributed by atoms with Gasteiger partial charge in [-0.15, -0.1) is 23.5 Å². The standard InChI is InChI=1S/C12H8F2NO.C7H4N3S.Ir/c1-16-9-4-5-15-12(7-9)10-3-2-8(13)6-11(10)14;1-2-9-6(3-8-1)7-4-11-5-10-7;/h2,4-7H,1H3;1-2,4-5H;/q2*-1;. The van der Waals surface area contributed by atoms with Crippen LogP contribution in [0, 0.1) is 23.9 Å². The molecule has 28 heavy (non-hydrogen) atoms.